The quantitative estimate of drug-likeness (QED) is 0.285. The highest BCUT2D eigenvalue weighted by molar-refractivity contribution is 5.83. The lowest BCUT2D eigenvalue weighted by atomic mass is 9.76. The standard InChI is InChI=1S/C29H38N8O4/c1-14-36(11-19-25(40-14)24(39)28(41-19)37-13-33-22-26(30)31-12-32-27(22)37)16-9-15(10-16)5-8-20-34-18-7-6-17(29(2,3)4)23(38)21(18)35-20/h6-7,12-16,19,24-25,28,38-39H,5,8-11H2,1-4H3,(H,34,35)(H2,30,31,32)/t14?,15?,16?,19-,24-,25-,28-/m1/s1. The van der Waals surface area contributed by atoms with Gasteiger partial charge in [0, 0.05) is 24.6 Å². The molecule has 4 aromatic rings. The first kappa shape index (κ1) is 26.6. The fourth-order valence-electron chi connectivity index (χ4n) is 6.81. The Balaban J connectivity index is 0.967. The number of imidazole rings is 2. The number of aliphatic hydroxyl groups is 1. The maximum atomic E-state index is 11.1. The van der Waals surface area contributed by atoms with Crippen molar-refractivity contribution >= 4 is 28.0 Å². The molecule has 2 aliphatic heterocycles. The Morgan fingerprint density at radius 2 is 1.93 bits per heavy atom. The molecule has 1 saturated carbocycles. The van der Waals surface area contributed by atoms with Crippen molar-refractivity contribution in [2.24, 2.45) is 5.92 Å². The molecule has 12 heteroatoms. The van der Waals surface area contributed by atoms with Crippen LogP contribution < -0.4 is 5.73 Å². The minimum atomic E-state index is -0.852. The number of aromatic hydroxyl groups is 1. The van der Waals surface area contributed by atoms with E-state index in [-0.39, 0.29) is 23.5 Å². The van der Waals surface area contributed by atoms with Crippen LogP contribution in [0, 0.1) is 5.92 Å². The fourth-order valence-corrected chi connectivity index (χ4v) is 6.81. The van der Waals surface area contributed by atoms with E-state index in [0.717, 1.165) is 42.6 Å². The predicted molar refractivity (Wildman–Crippen MR) is 152 cm³/mol. The minimum Gasteiger partial charge on any atom is -0.505 e. The lowest BCUT2D eigenvalue weighted by Crippen LogP contribution is -2.59. The number of H-pyrrole nitrogens is 1. The topological polar surface area (TPSA) is 160 Å². The van der Waals surface area contributed by atoms with Crippen molar-refractivity contribution in [3.8, 4) is 5.75 Å². The monoisotopic (exact) mass is 562 g/mol. The third-order valence-electron chi connectivity index (χ3n) is 9.14. The van der Waals surface area contributed by atoms with Crippen LogP contribution in [0.3, 0.4) is 0 Å². The van der Waals surface area contributed by atoms with E-state index >= 15 is 0 Å². The number of phenolic OH excluding ortho intramolecular Hbond substituents is 1. The largest absolute Gasteiger partial charge is 0.505 e. The van der Waals surface area contributed by atoms with Gasteiger partial charge in [0.25, 0.3) is 0 Å². The molecule has 3 aliphatic rings. The van der Waals surface area contributed by atoms with Crippen molar-refractivity contribution in [2.75, 3.05) is 12.3 Å². The Kier molecular flexibility index (Phi) is 6.23. The van der Waals surface area contributed by atoms with Gasteiger partial charge in [0.05, 0.1) is 11.8 Å². The summed E-state index contributed by atoms with van der Waals surface area (Å²) in [5, 5.41) is 21.9. The third-order valence-corrected chi connectivity index (χ3v) is 9.14. The van der Waals surface area contributed by atoms with E-state index in [1.807, 2.05) is 12.1 Å². The van der Waals surface area contributed by atoms with Crippen molar-refractivity contribution < 1.29 is 19.7 Å². The highest BCUT2D eigenvalue weighted by Gasteiger charge is 2.52. The molecule has 0 radical (unpaired) electrons. The van der Waals surface area contributed by atoms with E-state index < -0.39 is 18.4 Å². The van der Waals surface area contributed by atoms with Crippen LogP contribution in [0.25, 0.3) is 22.2 Å². The normalized spacial score (nSPS) is 30.6. The Bertz CT molecular complexity index is 1590. The molecule has 0 spiro atoms. The Hall–Kier alpha value is -3.32. The van der Waals surface area contributed by atoms with Gasteiger partial charge in [-0.15, -0.1) is 0 Å². The van der Waals surface area contributed by atoms with Gasteiger partial charge in [-0.3, -0.25) is 9.47 Å². The molecule has 3 aromatic heterocycles. The number of aryl methyl sites for hydroxylation is 1. The summed E-state index contributed by atoms with van der Waals surface area (Å²) in [5.41, 5.74) is 9.26. The molecule has 1 aliphatic carbocycles. The van der Waals surface area contributed by atoms with Gasteiger partial charge in [-0.1, -0.05) is 26.8 Å². The number of nitrogen functional groups attached to an aromatic ring is 1. The number of nitrogens with one attached hydrogen (secondary N) is 1. The van der Waals surface area contributed by atoms with Crippen LogP contribution in [-0.4, -0.2) is 81.7 Å². The number of anilines is 1. The van der Waals surface area contributed by atoms with Crippen molar-refractivity contribution in [1.29, 1.82) is 0 Å². The molecule has 5 N–H and O–H groups in total. The summed E-state index contributed by atoms with van der Waals surface area (Å²) in [6, 6.07) is 4.41. The van der Waals surface area contributed by atoms with Crippen LogP contribution in [0.2, 0.25) is 0 Å². The molecule has 5 atom stereocenters. The molecule has 3 fully saturated rings. The summed E-state index contributed by atoms with van der Waals surface area (Å²) < 4.78 is 14.4. The van der Waals surface area contributed by atoms with E-state index in [9.17, 15) is 10.2 Å². The van der Waals surface area contributed by atoms with Gasteiger partial charge < -0.3 is 30.4 Å². The van der Waals surface area contributed by atoms with Crippen LogP contribution >= 0.6 is 0 Å². The average Bonchev–Trinajstić information content (AvgIpc) is 3.59. The van der Waals surface area contributed by atoms with Gasteiger partial charge in [0.15, 0.2) is 17.7 Å². The summed E-state index contributed by atoms with van der Waals surface area (Å²) in [6.45, 7) is 9.03. The van der Waals surface area contributed by atoms with Crippen LogP contribution in [0.4, 0.5) is 5.82 Å². The summed E-state index contributed by atoms with van der Waals surface area (Å²) in [4.78, 5) is 23.1. The van der Waals surface area contributed by atoms with E-state index in [2.05, 4.69) is 52.5 Å². The molecule has 12 nitrogen and oxygen atoms in total. The number of nitrogens with zero attached hydrogens (tertiary/aromatic N) is 6. The van der Waals surface area contributed by atoms with Crippen molar-refractivity contribution in [3.63, 3.8) is 0 Å². The molecule has 218 valence electrons. The number of hydrogen-bond acceptors (Lipinski definition) is 10. The minimum absolute atomic E-state index is 0.118. The third kappa shape index (κ3) is 4.44. The smallest absolute Gasteiger partial charge is 0.167 e. The van der Waals surface area contributed by atoms with E-state index in [4.69, 9.17) is 20.2 Å². The van der Waals surface area contributed by atoms with Gasteiger partial charge >= 0.3 is 0 Å². The van der Waals surface area contributed by atoms with Crippen LogP contribution in [0.5, 0.6) is 5.75 Å². The first-order chi connectivity index (χ1) is 19.6. The molecule has 41 heavy (non-hydrogen) atoms. The number of fused-ring (bicyclic) bond motifs is 3. The Morgan fingerprint density at radius 3 is 2.71 bits per heavy atom. The summed E-state index contributed by atoms with van der Waals surface area (Å²) in [7, 11) is 0. The molecular weight excluding hydrogens is 524 g/mol. The van der Waals surface area contributed by atoms with Crippen LogP contribution in [-0.2, 0) is 21.3 Å². The molecule has 0 bridgehead atoms. The van der Waals surface area contributed by atoms with E-state index in [1.165, 1.54) is 6.33 Å². The number of ether oxygens (including phenoxy) is 2. The Labute approximate surface area is 237 Å². The van der Waals surface area contributed by atoms with Crippen molar-refractivity contribution in [3.05, 3.63) is 36.2 Å². The van der Waals surface area contributed by atoms with Crippen LogP contribution in [0.15, 0.2) is 24.8 Å². The number of aromatic nitrogens is 6. The number of nitrogens with two attached hydrogens (primary N) is 1. The highest BCUT2D eigenvalue weighted by atomic mass is 16.6. The summed E-state index contributed by atoms with van der Waals surface area (Å²) in [6.07, 6.45) is 4.70. The second-order valence-corrected chi connectivity index (χ2v) is 12.9. The predicted octanol–water partition coefficient (Wildman–Crippen LogP) is 3.00. The molecule has 2 saturated heterocycles. The zero-order valence-electron chi connectivity index (χ0n) is 23.9. The van der Waals surface area contributed by atoms with Gasteiger partial charge in [0.2, 0.25) is 0 Å². The molecular formula is C29H38N8O4. The number of aliphatic hydroxyl groups excluding tert-OH is 1. The molecule has 0 amide bonds. The molecule has 1 unspecified atom stereocenters. The van der Waals surface area contributed by atoms with Gasteiger partial charge in [-0.05, 0) is 43.6 Å². The van der Waals surface area contributed by atoms with Gasteiger partial charge in [-0.25, -0.2) is 19.9 Å². The lowest BCUT2D eigenvalue weighted by Gasteiger charge is -2.49. The van der Waals surface area contributed by atoms with Crippen LogP contribution in [0.1, 0.15) is 64.6 Å². The number of benzene rings is 1. The zero-order valence-corrected chi connectivity index (χ0v) is 23.9. The average molecular weight is 563 g/mol. The fraction of sp³-hybridized carbons (Fsp3) is 0.586. The van der Waals surface area contributed by atoms with Gasteiger partial charge in [-0.2, -0.15) is 0 Å². The summed E-state index contributed by atoms with van der Waals surface area (Å²) in [5.74, 6) is 2.09. The number of hydrogen-bond donors (Lipinski definition) is 4. The number of phenols is 1. The highest BCUT2D eigenvalue weighted by Crippen LogP contribution is 2.42. The molecule has 7 rings (SSSR count). The number of rotatable bonds is 5. The van der Waals surface area contributed by atoms with E-state index in [1.54, 1.807) is 10.9 Å². The SMILES string of the molecule is CC1O[C@H]2[C@@H](O)[C@H](n3cnc4c(N)ncnc43)O[C@@H]2CN1C1CC(CCc2nc3c(O)c(C(C)(C)C)ccc3[nH]2)C1. The lowest BCUT2D eigenvalue weighted by molar-refractivity contribution is -0.199. The maximum absolute atomic E-state index is 11.1. The number of aromatic amines is 1. The maximum Gasteiger partial charge on any atom is 0.167 e. The van der Waals surface area contributed by atoms with E-state index in [0.29, 0.717) is 41.0 Å². The zero-order chi connectivity index (χ0) is 28.6. The molecule has 5 heterocycles. The van der Waals surface area contributed by atoms with Crippen molar-refractivity contribution in [2.45, 2.75) is 95.6 Å². The second kappa shape index (κ2) is 9.62. The van der Waals surface area contributed by atoms with Crippen molar-refractivity contribution in [1.82, 2.24) is 34.4 Å². The first-order valence-electron chi connectivity index (χ1n) is 14.5. The first-order valence-corrected chi connectivity index (χ1v) is 14.5. The van der Waals surface area contributed by atoms with Gasteiger partial charge in [0.1, 0.15) is 53.5 Å². The Morgan fingerprint density at radius 1 is 1.12 bits per heavy atom. The summed E-state index contributed by atoms with van der Waals surface area (Å²) >= 11 is 0. The molecule has 1 aromatic carbocycles. The second-order valence-electron chi connectivity index (χ2n) is 12.9.